The molecule has 2 N–H and O–H groups in total. The van der Waals surface area contributed by atoms with Crippen LogP contribution in [0.5, 0.6) is 0 Å². The van der Waals surface area contributed by atoms with Crippen molar-refractivity contribution in [1.82, 2.24) is 0 Å². The second kappa shape index (κ2) is 7.09. The van der Waals surface area contributed by atoms with Gasteiger partial charge in [0.15, 0.2) is 0 Å². The van der Waals surface area contributed by atoms with Crippen molar-refractivity contribution in [3.8, 4) is 0 Å². The van der Waals surface area contributed by atoms with Crippen LogP contribution >= 0.6 is 0 Å². The lowest BCUT2D eigenvalue weighted by Gasteiger charge is -2.20. The van der Waals surface area contributed by atoms with E-state index in [1.807, 2.05) is 43.1 Å². The number of anilines is 2. The van der Waals surface area contributed by atoms with Crippen molar-refractivity contribution in [2.24, 2.45) is 0 Å². The molecule has 2 aromatic carbocycles. The molecule has 0 spiro atoms. The Balaban J connectivity index is 2.01. The van der Waals surface area contributed by atoms with E-state index in [0.29, 0.717) is 6.54 Å². The third-order valence-corrected chi connectivity index (χ3v) is 3.50. The molecule has 21 heavy (non-hydrogen) atoms. The normalized spacial score (nSPS) is 12.0. The number of nitrogens with zero attached hydrogens (tertiary/aromatic N) is 1. The van der Waals surface area contributed by atoms with Crippen LogP contribution in [0.25, 0.3) is 0 Å². The highest BCUT2D eigenvalue weighted by atomic mass is 19.1. The highest BCUT2D eigenvalue weighted by Gasteiger charge is 2.06. The zero-order valence-electron chi connectivity index (χ0n) is 12.4. The number of benzene rings is 2. The number of likely N-dealkylation sites (N-methyl/N-ethyl adjacent to an activating group) is 1. The number of halogens is 1. The minimum absolute atomic E-state index is 0.103. The molecule has 0 aromatic heterocycles. The van der Waals surface area contributed by atoms with E-state index >= 15 is 0 Å². The Bertz CT molecular complexity index is 554. The van der Waals surface area contributed by atoms with Gasteiger partial charge >= 0.3 is 0 Å². The van der Waals surface area contributed by atoms with E-state index in [0.717, 1.165) is 16.9 Å². The number of rotatable bonds is 6. The van der Waals surface area contributed by atoms with Crippen LogP contribution in [0, 0.1) is 5.82 Å². The van der Waals surface area contributed by atoms with Crippen molar-refractivity contribution in [1.29, 1.82) is 0 Å². The highest BCUT2D eigenvalue weighted by molar-refractivity contribution is 5.55. The fraction of sp³-hybridized carbons (Fsp3) is 0.294. The lowest BCUT2D eigenvalue weighted by atomic mass is 10.1. The van der Waals surface area contributed by atoms with Gasteiger partial charge in [-0.1, -0.05) is 12.1 Å². The Kier molecular flexibility index (Phi) is 5.17. The molecule has 1 unspecified atom stereocenters. The van der Waals surface area contributed by atoms with E-state index in [2.05, 4.69) is 5.32 Å². The first-order valence-electron chi connectivity index (χ1n) is 7.04. The molecule has 3 nitrogen and oxygen atoms in total. The summed E-state index contributed by atoms with van der Waals surface area (Å²) in [4.78, 5) is 1.99. The molecule has 0 saturated heterocycles. The Morgan fingerprint density at radius 2 is 1.71 bits per heavy atom. The van der Waals surface area contributed by atoms with Gasteiger partial charge in [0.05, 0.1) is 6.61 Å². The van der Waals surface area contributed by atoms with Crippen LogP contribution in [0.1, 0.15) is 18.5 Å². The first-order chi connectivity index (χ1) is 10.1. The molecule has 0 bridgehead atoms. The Morgan fingerprint density at radius 3 is 2.29 bits per heavy atom. The maximum Gasteiger partial charge on any atom is 0.123 e. The smallest absolute Gasteiger partial charge is 0.123 e. The van der Waals surface area contributed by atoms with E-state index in [1.54, 1.807) is 12.1 Å². The standard InChI is InChI=1S/C17H21FN2O/c1-13(14-3-5-15(18)6-4-14)19-16-7-9-17(10-8-16)20(2)11-12-21/h3-10,13,19,21H,11-12H2,1-2H3. The predicted molar refractivity (Wildman–Crippen MR) is 85.2 cm³/mol. The van der Waals surface area contributed by atoms with Gasteiger partial charge in [-0.05, 0) is 48.9 Å². The first kappa shape index (κ1) is 15.3. The molecule has 0 saturated carbocycles. The number of aliphatic hydroxyl groups is 1. The minimum atomic E-state index is -0.220. The molecule has 2 rings (SSSR count). The average Bonchev–Trinajstić information content (AvgIpc) is 2.49. The van der Waals surface area contributed by atoms with Crippen LogP contribution in [0.3, 0.4) is 0 Å². The fourth-order valence-corrected chi connectivity index (χ4v) is 2.18. The molecule has 0 fully saturated rings. The van der Waals surface area contributed by atoms with Gasteiger partial charge in [-0.2, -0.15) is 0 Å². The lowest BCUT2D eigenvalue weighted by Crippen LogP contribution is -2.20. The summed E-state index contributed by atoms with van der Waals surface area (Å²) in [6.07, 6.45) is 0. The maximum atomic E-state index is 12.9. The summed E-state index contributed by atoms with van der Waals surface area (Å²) in [5, 5.41) is 12.3. The Labute approximate surface area is 125 Å². The zero-order valence-corrected chi connectivity index (χ0v) is 12.4. The van der Waals surface area contributed by atoms with Gasteiger partial charge in [0.2, 0.25) is 0 Å². The van der Waals surface area contributed by atoms with E-state index in [9.17, 15) is 4.39 Å². The third-order valence-electron chi connectivity index (χ3n) is 3.50. The molecule has 0 aliphatic carbocycles. The largest absolute Gasteiger partial charge is 0.395 e. The lowest BCUT2D eigenvalue weighted by molar-refractivity contribution is 0.304. The number of hydrogen-bond donors (Lipinski definition) is 2. The predicted octanol–water partition coefficient (Wildman–Crippen LogP) is 3.43. The second-order valence-corrected chi connectivity index (χ2v) is 5.11. The van der Waals surface area contributed by atoms with Crippen molar-refractivity contribution in [2.45, 2.75) is 13.0 Å². The SMILES string of the molecule is CC(Nc1ccc(N(C)CCO)cc1)c1ccc(F)cc1. The third kappa shape index (κ3) is 4.20. The second-order valence-electron chi connectivity index (χ2n) is 5.11. The van der Waals surface area contributed by atoms with Gasteiger partial charge in [-0.3, -0.25) is 0 Å². The summed E-state index contributed by atoms with van der Waals surface area (Å²) in [5.74, 6) is -0.220. The topological polar surface area (TPSA) is 35.5 Å². The Hall–Kier alpha value is -2.07. The molecule has 0 aliphatic heterocycles. The molecule has 112 valence electrons. The van der Waals surface area contributed by atoms with E-state index in [1.165, 1.54) is 12.1 Å². The summed E-state index contributed by atoms with van der Waals surface area (Å²) in [5.41, 5.74) is 3.11. The molecular weight excluding hydrogens is 267 g/mol. The van der Waals surface area contributed by atoms with Gasteiger partial charge in [-0.25, -0.2) is 4.39 Å². The summed E-state index contributed by atoms with van der Waals surface area (Å²) < 4.78 is 12.9. The van der Waals surface area contributed by atoms with E-state index in [-0.39, 0.29) is 18.5 Å². The number of nitrogens with one attached hydrogen (secondary N) is 1. The number of hydrogen-bond acceptors (Lipinski definition) is 3. The molecule has 0 radical (unpaired) electrons. The Morgan fingerprint density at radius 1 is 1.10 bits per heavy atom. The van der Waals surface area contributed by atoms with E-state index in [4.69, 9.17) is 5.11 Å². The van der Waals surface area contributed by atoms with Gasteiger partial charge in [0.25, 0.3) is 0 Å². The number of aliphatic hydroxyl groups excluding tert-OH is 1. The molecule has 0 amide bonds. The van der Waals surface area contributed by atoms with Crippen molar-refractivity contribution in [2.75, 3.05) is 30.4 Å². The minimum Gasteiger partial charge on any atom is -0.395 e. The van der Waals surface area contributed by atoms with Crippen LogP contribution in [0.2, 0.25) is 0 Å². The van der Waals surface area contributed by atoms with Crippen LogP contribution in [0.15, 0.2) is 48.5 Å². The highest BCUT2D eigenvalue weighted by Crippen LogP contribution is 2.22. The van der Waals surface area contributed by atoms with Crippen molar-refractivity contribution >= 4 is 11.4 Å². The van der Waals surface area contributed by atoms with Gasteiger partial charge in [0.1, 0.15) is 5.82 Å². The van der Waals surface area contributed by atoms with E-state index < -0.39 is 0 Å². The molecule has 0 aliphatic rings. The first-order valence-corrected chi connectivity index (χ1v) is 7.04. The summed E-state index contributed by atoms with van der Waals surface area (Å²) >= 11 is 0. The van der Waals surface area contributed by atoms with Gasteiger partial charge in [-0.15, -0.1) is 0 Å². The molecular formula is C17H21FN2O. The monoisotopic (exact) mass is 288 g/mol. The van der Waals surface area contributed by atoms with Crippen molar-refractivity contribution in [3.05, 3.63) is 59.9 Å². The molecule has 4 heteroatoms. The van der Waals surface area contributed by atoms with Crippen LogP contribution in [-0.2, 0) is 0 Å². The summed E-state index contributed by atoms with van der Waals surface area (Å²) in [6, 6.07) is 14.6. The zero-order chi connectivity index (χ0) is 15.2. The van der Waals surface area contributed by atoms with Crippen LogP contribution < -0.4 is 10.2 Å². The fourth-order valence-electron chi connectivity index (χ4n) is 2.18. The van der Waals surface area contributed by atoms with Crippen LogP contribution in [0.4, 0.5) is 15.8 Å². The summed E-state index contributed by atoms with van der Waals surface area (Å²) in [7, 11) is 1.94. The maximum absolute atomic E-state index is 12.9. The van der Waals surface area contributed by atoms with Gasteiger partial charge in [0, 0.05) is 31.0 Å². The van der Waals surface area contributed by atoms with Crippen LogP contribution in [-0.4, -0.2) is 25.3 Å². The quantitative estimate of drug-likeness (QED) is 0.855. The molecule has 1 atom stereocenters. The van der Waals surface area contributed by atoms with Crippen molar-refractivity contribution < 1.29 is 9.50 Å². The average molecular weight is 288 g/mol. The molecule has 0 heterocycles. The summed E-state index contributed by atoms with van der Waals surface area (Å²) in [6.45, 7) is 2.79. The van der Waals surface area contributed by atoms with Gasteiger partial charge < -0.3 is 15.3 Å². The van der Waals surface area contributed by atoms with Crippen molar-refractivity contribution in [3.63, 3.8) is 0 Å². The molecule has 2 aromatic rings.